The van der Waals surface area contributed by atoms with Crippen molar-refractivity contribution in [3.8, 4) is 0 Å². The Hall–Kier alpha value is 0.0600. The van der Waals surface area contributed by atoms with Gasteiger partial charge in [0, 0.05) is 0 Å². The quantitative estimate of drug-likeness (QED) is 0.441. The third-order valence-corrected chi connectivity index (χ3v) is 0. The molecule has 0 aliphatic rings. The van der Waals surface area contributed by atoms with Gasteiger partial charge in [0.15, 0.2) is 0 Å². The highest BCUT2D eigenvalue weighted by molar-refractivity contribution is 7.00. The van der Waals surface area contributed by atoms with Gasteiger partial charge < -0.3 is 5.73 Å². The number of hydrogen-bond acceptors (Lipinski definition) is 2. The molecular formula is C2H8NOP. The van der Waals surface area contributed by atoms with Gasteiger partial charge in [0.2, 0.25) is 0 Å². The standard InChI is InChI=1S/C2H7N.HOP/c1-2-3;1-2/h2-3H2,1H3;2H. The first-order chi connectivity index (χ1) is 2.41. The molecule has 0 fully saturated rings. The summed E-state index contributed by atoms with van der Waals surface area (Å²) in [6, 6.07) is 0. The third-order valence-electron chi connectivity index (χ3n) is 0. The van der Waals surface area contributed by atoms with Crippen LogP contribution in [0.5, 0.6) is 0 Å². The molecule has 0 aromatic rings. The summed E-state index contributed by atoms with van der Waals surface area (Å²) >= 11 is 0. The molecule has 0 aromatic carbocycles. The van der Waals surface area contributed by atoms with E-state index >= 15 is 0 Å². The predicted octanol–water partition coefficient (Wildman–Crippen LogP) is 0.440. The Morgan fingerprint density at radius 1 is 1.80 bits per heavy atom. The van der Waals surface area contributed by atoms with Gasteiger partial charge in [-0.15, -0.1) is 0 Å². The van der Waals surface area contributed by atoms with E-state index < -0.39 is 0 Å². The largest absolute Gasteiger partial charge is 0.331 e. The highest BCUT2D eigenvalue weighted by Gasteiger charge is 1.32. The van der Waals surface area contributed by atoms with E-state index in [0.29, 0.717) is 0 Å². The summed E-state index contributed by atoms with van der Waals surface area (Å²) in [7, 11) is 1.72. The Bertz CT molecular complexity index is 13.6. The molecule has 32 valence electrons. The summed E-state index contributed by atoms with van der Waals surface area (Å²) in [5.41, 5.74) is 4.85. The molecule has 0 saturated carbocycles. The molecule has 0 atom stereocenters. The van der Waals surface area contributed by atoms with Gasteiger partial charge in [0.25, 0.3) is 0 Å². The van der Waals surface area contributed by atoms with Crippen molar-refractivity contribution in [3.05, 3.63) is 0 Å². The van der Waals surface area contributed by atoms with Crippen molar-refractivity contribution in [2.24, 2.45) is 5.73 Å². The maximum absolute atomic E-state index is 8.06. The molecule has 0 bridgehead atoms. The van der Waals surface area contributed by atoms with Crippen LogP contribution in [-0.2, 0) is 4.57 Å². The first-order valence-electron chi connectivity index (χ1n) is 1.32. The summed E-state index contributed by atoms with van der Waals surface area (Å²) in [5, 5.41) is 0. The molecule has 0 unspecified atom stereocenters. The smallest absolute Gasteiger partial charge is 0.138 e. The van der Waals surface area contributed by atoms with E-state index in [0.717, 1.165) is 6.54 Å². The lowest BCUT2D eigenvalue weighted by molar-refractivity contribution is 0.607. The van der Waals surface area contributed by atoms with E-state index in [9.17, 15) is 0 Å². The summed E-state index contributed by atoms with van der Waals surface area (Å²) in [6.45, 7) is 2.65. The zero-order valence-corrected chi connectivity index (χ0v) is 4.19. The highest BCUT2D eigenvalue weighted by Crippen LogP contribution is 1.23. The molecule has 5 heavy (non-hydrogen) atoms. The Morgan fingerprint density at radius 3 is 1.80 bits per heavy atom. The second kappa shape index (κ2) is 33.8. The lowest BCUT2D eigenvalue weighted by Gasteiger charge is -1.53. The topological polar surface area (TPSA) is 43.1 Å². The van der Waals surface area contributed by atoms with Gasteiger partial charge in [-0.2, -0.15) is 0 Å². The van der Waals surface area contributed by atoms with Crippen LogP contribution < -0.4 is 5.73 Å². The van der Waals surface area contributed by atoms with E-state index in [1.54, 1.807) is 9.12 Å². The Labute approximate surface area is 34.0 Å². The second-order valence-electron chi connectivity index (χ2n) is 0.408. The molecule has 0 aliphatic carbocycles. The van der Waals surface area contributed by atoms with E-state index in [1.807, 2.05) is 6.92 Å². The first kappa shape index (κ1) is 8.91. The van der Waals surface area contributed by atoms with Gasteiger partial charge in [-0.3, -0.25) is 4.57 Å². The van der Waals surface area contributed by atoms with Crippen molar-refractivity contribution in [1.29, 1.82) is 0 Å². The van der Waals surface area contributed by atoms with Crippen molar-refractivity contribution in [1.82, 2.24) is 0 Å². The van der Waals surface area contributed by atoms with E-state index in [2.05, 4.69) is 0 Å². The lowest BCUT2D eigenvalue weighted by atomic mass is 10.8. The summed E-state index contributed by atoms with van der Waals surface area (Å²) in [4.78, 5) is 0. The van der Waals surface area contributed by atoms with Gasteiger partial charge in [0.1, 0.15) is 9.12 Å². The number of hydrogen-bond donors (Lipinski definition) is 1. The molecule has 0 amide bonds. The van der Waals surface area contributed by atoms with Crippen LogP contribution in [0.1, 0.15) is 6.92 Å². The van der Waals surface area contributed by atoms with Crippen LogP contribution in [0.2, 0.25) is 0 Å². The lowest BCUT2D eigenvalue weighted by Crippen LogP contribution is -1.87. The maximum Gasteiger partial charge on any atom is 0.138 e. The minimum Gasteiger partial charge on any atom is -0.331 e. The summed E-state index contributed by atoms with van der Waals surface area (Å²) < 4.78 is 8.06. The summed E-state index contributed by atoms with van der Waals surface area (Å²) in [6.07, 6.45) is 0. The molecule has 0 aromatic heterocycles. The molecular weight excluding hydrogens is 85.0 g/mol. The average molecular weight is 93.1 g/mol. The van der Waals surface area contributed by atoms with Crippen LogP contribution in [0.25, 0.3) is 0 Å². The number of rotatable bonds is 0. The summed E-state index contributed by atoms with van der Waals surface area (Å²) in [5.74, 6) is 0. The van der Waals surface area contributed by atoms with Crippen molar-refractivity contribution in [3.63, 3.8) is 0 Å². The van der Waals surface area contributed by atoms with Crippen molar-refractivity contribution < 1.29 is 4.57 Å². The Morgan fingerprint density at radius 2 is 1.80 bits per heavy atom. The molecule has 0 aliphatic heterocycles. The molecule has 0 rings (SSSR count). The van der Waals surface area contributed by atoms with Gasteiger partial charge >= 0.3 is 0 Å². The van der Waals surface area contributed by atoms with Gasteiger partial charge in [-0.05, 0) is 6.54 Å². The molecule has 0 saturated heterocycles. The predicted molar refractivity (Wildman–Crippen MR) is 23.7 cm³/mol. The van der Waals surface area contributed by atoms with E-state index in [1.165, 1.54) is 0 Å². The first-order valence-corrected chi connectivity index (χ1v) is 1.73. The average Bonchev–Trinajstić information content (AvgIpc) is 1.46. The minimum absolute atomic E-state index is 0.750. The van der Waals surface area contributed by atoms with Crippen molar-refractivity contribution >= 4 is 9.12 Å². The Kier molecular flexibility index (Phi) is 60.3. The van der Waals surface area contributed by atoms with Crippen LogP contribution in [0.3, 0.4) is 0 Å². The van der Waals surface area contributed by atoms with Crippen LogP contribution in [0.15, 0.2) is 0 Å². The van der Waals surface area contributed by atoms with Crippen LogP contribution in [0, 0.1) is 0 Å². The zero-order chi connectivity index (χ0) is 4.71. The van der Waals surface area contributed by atoms with Gasteiger partial charge in [-0.1, -0.05) is 6.92 Å². The zero-order valence-electron chi connectivity index (χ0n) is 3.19. The SMILES string of the molecule is CCN.O=P. The highest BCUT2D eigenvalue weighted by atomic mass is 31.0. The molecule has 0 heterocycles. The molecule has 3 heteroatoms. The van der Waals surface area contributed by atoms with E-state index in [-0.39, 0.29) is 0 Å². The van der Waals surface area contributed by atoms with Crippen molar-refractivity contribution in [2.45, 2.75) is 6.92 Å². The third kappa shape index (κ3) is 4790. The number of nitrogens with two attached hydrogens (primary N) is 1. The van der Waals surface area contributed by atoms with E-state index in [4.69, 9.17) is 10.3 Å². The van der Waals surface area contributed by atoms with Gasteiger partial charge in [0.05, 0.1) is 0 Å². The maximum atomic E-state index is 8.06. The molecule has 2 N–H and O–H groups in total. The second-order valence-corrected chi connectivity index (χ2v) is 0.408. The fourth-order valence-electron chi connectivity index (χ4n) is 0. The molecule has 2 nitrogen and oxygen atoms in total. The Balaban J connectivity index is 0. The van der Waals surface area contributed by atoms with Crippen LogP contribution in [-0.4, -0.2) is 6.54 Å². The monoisotopic (exact) mass is 93.0 g/mol. The van der Waals surface area contributed by atoms with Gasteiger partial charge in [-0.25, -0.2) is 0 Å². The van der Waals surface area contributed by atoms with Crippen LogP contribution in [0.4, 0.5) is 0 Å². The van der Waals surface area contributed by atoms with Crippen molar-refractivity contribution in [2.75, 3.05) is 6.54 Å². The normalized spacial score (nSPS) is 4.40. The fourth-order valence-corrected chi connectivity index (χ4v) is 0. The molecule has 0 spiro atoms. The molecule has 0 radical (unpaired) electrons. The fraction of sp³-hybridized carbons (Fsp3) is 1.00. The van der Waals surface area contributed by atoms with Crippen LogP contribution >= 0.6 is 9.12 Å². The minimum atomic E-state index is 0.750.